The van der Waals surface area contributed by atoms with Gasteiger partial charge in [-0.3, -0.25) is 0 Å². The summed E-state index contributed by atoms with van der Waals surface area (Å²) in [4.78, 5) is 23.4. The number of carbonyl (C=O) groups excluding carboxylic acids is 2. The highest BCUT2D eigenvalue weighted by molar-refractivity contribution is 5.68. The highest BCUT2D eigenvalue weighted by atomic mass is 16.6. The Morgan fingerprint density at radius 1 is 0.778 bits per heavy atom. The molecule has 0 fully saturated rings. The lowest BCUT2D eigenvalue weighted by Gasteiger charge is -2.19. The first-order valence-corrected chi connectivity index (χ1v) is 8.81. The van der Waals surface area contributed by atoms with E-state index < -0.39 is 17.8 Å². The third kappa shape index (κ3) is 8.27. The number of ether oxygens (including phenoxy) is 2. The molecule has 2 rings (SSSR count). The topological polar surface area (TPSA) is 76.7 Å². The summed E-state index contributed by atoms with van der Waals surface area (Å²) in [5.74, 6) is 0. The van der Waals surface area contributed by atoms with E-state index in [1.807, 2.05) is 75.4 Å². The molecule has 0 aromatic heterocycles. The first-order valence-electron chi connectivity index (χ1n) is 8.81. The fourth-order valence-corrected chi connectivity index (χ4v) is 2.21. The minimum absolute atomic E-state index is 0.238. The van der Waals surface area contributed by atoms with Gasteiger partial charge in [-0.2, -0.15) is 0 Å². The standard InChI is InChI=1S/C21H26N2O4/c1-21(2,3)27-20(25)23-14-17-11-9-16(10-12-17)13-22-19(24)26-15-18-7-5-4-6-8-18/h4-12H,13-15H2,1-3H3,(H,22,24)(H,23,25). The number of rotatable bonds is 6. The molecule has 6 heteroatoms. The van der Waals surface area contributed by atoms with E-state index >= 15 is 0 Å². The molecule has 2 N–H and O–H groups in total. The van der Waals surface area contributed by atoms with Crippen LogP contribution < -0.4 is 10.6 Å². The van der Waals surface area contributed by atoms with Crippen molar-refractivity contribution in [3.8, 4) is 0 Å². The second-order valence-corrected chi connectivity index (χ2v) is 7.09. The van der Waals surface area contributed by atoms with E-state index in [9.17, 15) is 9.59 Å². The van der Waals surface area contributed by atoms with Crippen LogP contribution in [0.4, 0.5) is 9.59 Å². The molecule has 0 bridgehead atoms. The fourth-order valence-electron chi connectivity index (χ4n) is 2.21. The first-order chi connectivity index (χ1) is 12.8. The quantitative estimate of drug-likeness (QED) is 0.801. The summed E-state index contributed by atoms with van der Waals surface area (Å²) in [5.41, 5.74) is 2.30. The van der Waals surface area contributed by atoms with Crippen LogP contribution in [0.15, 0.2) is 54.6 Å². The Morgan fingerprint density at radius 2 is 1.30 bits per heavy atom. The average Bonchev–Trinajstić information content (AvgIpc) is 2.63. The first kappa shape index (κ1) is 20.3. The van der Waals surface area contributed by atoms with Gasteiger partial charge in [-0.25, -0.2) is 9.59 Å². The number of benzene rings is 2. The smallest absolute Gasteiger partial charge is 0.407 e. The third-order valence-corrected chi connectivity index (χ3v) is 3.51. The van der Waals surface area contributed by atoms with Crippen LogP contribution in [0, 0.1) is 0 Å². The van der Waals surface area contributed by atoms with E-state index in [1.54, 1.807) is 0 Å². The van der Waals surface area contributed by atoms with Crippen LogP contribution >= 0.6 is 0 Å². The Kier molecular flexibility index (Phi) is 7.23. The summed E-state index contributed by atoms with van der Waals surface area (Å²) in [5, 5.41) is 5.42. The van der Waals surface area contributed by atoms with Gasteiger partial charge in [0, 0.05) is 13.1 Å². The van der Waals surface area contributed by atoms with Gasteiger partial charge in [0.15, 0.2) is 0 Å². The predicted molar refractivity (Wildman–Crippen MR) is 103 cm³/mol. The number of amides is 2. The lowest BCUT2D eigenvalue weighted by molar-refractivity contribution is 0.0523. The van der Waals surface area contributed by atoms with Gasteiger partial charge in [-0.1, -0.05) is 54.6 Å². The Bertz CT molecular complexity index is 737. The van der Waals surface area contributed by atoms with Crippen molar-refractivity contribution >= 4 is 12.2 Å². The summed E-state index contributed by atoms with van der Waals surface area (Å²) in [7, 11) is 0. The van der Waals surface area contributed by atoms with E-state index in [1.165, 1.54) is 0 Å². The number of hydrogen-bond acceptors (Lipinski definition) is 4. The van der Waals surface area contributed by atoms with Gasteiger partial charge in [-0.15, -0.1) is 0 Å². The fraction of sp³-hybridized carbons (Fsp3) is 0.333. The van der Waals surface area contributed by atoms with Gasteiger partial charge in [0.05, 0.1) is 0 Å². The molecule has 0 aliphatic heterocycles. The average molecular weight is 370 g/mol. The van der Waals surface area contributed by atoms with Crippen LogP contribution in [0.3, 0.4) is 0 Å². The Hall–Kier alpha value is -3.02. The number of alkyl carbamates (subject to hydrolysis) is 2. The molecular formula is C21H26N2O4. The zero-order chi connectivity index (χ0) is 19.7. The summed E-state index contributed by atoms with van der Waals surface area (Å²) in [6.07, 6.45) is -0.913. The molecule has 0 aliphatic carbocycles. The van der Waals surface area contributed by atoms with Crippen LogP contribution in [0.2, 0.25) is 0 Å². The normalized spacial score (nSPS) is 10.8. The van der Waals surface area contributed by atoms with Crippen LogP contribution in [0.25, 0.3) is 0 Å². The molecule has 0 unspecified atom stereocenters. The second kappa shape index (κ2) is 9.62. The number of hydrogen-bond donors (Lipinski definition) is 2. The SMILES string of the molecule is CC(C)(C)OC(=O)NCc1ccc(CNC(=O)OCc2ccccc2)cc1. The number of nitrogens with one attached hydrogen (secondary N) is 2. The Morgan fingerprint density at radius 3 is 1.81 bits per heavy atom. The van der Waals surface area contributed by atoms with Crippen molar-refractivity contribution in [2.24, 2.45) is 0 Å². The summed E-state index contributed by atoms with van der Waals surface area (Å²) in [6, 6.07) is 17.1. The second-order valence-electron chi connectivity index (χ2n) is 7.09. The van der Waals surface area contributed by atoms with Crippen LogP contribution in [0.1, 0.15) is 37.5 Å². The lowest BCUT2D eigenvalue weighted by atomic mass is 10.1. The van der Waals surface area contributed by atoms with Crippen molar-refractivity contribution in [2.75, 3.05) is 0 Å². The highest BCUT2D eigenvalue weighted by Gasteiger charge is 2.15. The van der Waals surface area contributed by atoms with Gasteiger partial charge in [0.25, 0.3) is 0 Å². The van der Waals surface area contributed by atoms with E-state index in [-0.39, 0.29) is 6.61 Å². The molecule has 27 heavy (non-hydrogen) atoms. The van der Waals surface area contributed by atoms with Crippen molar-refractivity contribution in [2.45, 2.75) is 46.1 Å². The molecule has 0 radical (unpaired) electrons. The van der Waals surface area contributed by atoms with Gasteiger partial charge in [0.1, 0.15) is 12.2 Å². The Balaban J connectivity index is 1.70. The summed E-state index contributed by atoms with van der Waals surface area (Å²) >= 11 is 0. The maximum Gasteiger partial charge on any atom is 0.407 e. The van der Waals surface area contributed by atoms with E-state index in [0.29, 0.717) is 13.1 Å². The molecule has 6 nitrogen and oxygen atoms in total. The third-order valence-electron chi connectivity index (χ3n) is 3.51. The molecule has 0 atom stereocenters. The minimum Gasteiger partial charge on any atom is -0.445 e. The molecule has 0 saturated carbocycles. The van der Waals surface area contributed by atoms with Crippen molar-refractivity contribution < 1.29 is 19.1 Å². The van der Waals surface area contributed by atoms with Gasteiger partial charge < -0.3 is 20.1 Å². The predicted octanol–water partition coefficient (Wildman–Crippen LogP) is 4.14. The molecule has 2 aromatic rings. The molecule has 0 aliphatic rings. The molecular weight excluding hydrogens is 344 g/mol. The van der Waals surface area contributed by atoms with Gasteiger partial charge in [0.2, 0.25) is 0 Å². The zero-order valence-corrected chi connectivity index (χ0v) is 16.0. The maximum absolute atomic E-state index is 11.8. The van der Waals surface area contributed by atoms with E-state index in [4.69, 9.17) is 9.47 Å². The van der Waals surface area contributed by atoms with Crippen LogP contribution in [0.5, 0.6) is 0 Å². The summed E-state index contributed by atoms with van der Waals surface area (Å²) < 4.78 is 10.4. The minimum atomic E-state index is -0.519. The molecule has 2 amide bonds. The van der Waals surface area contributed by atoms with Crippen molar-refractivity contribution in [3.63, 3.8) is 0 Å². The molecule has 0 heterocycles. The summed E-state index contributed by atoms with van der Waals surface area (Å²) in [6.45, 7) is 6.44. The molecule has 144 valence electrons. The van der Waals surface area contributed by atoms with Gasteiger partial charge in [-0.05, 0) is 37.5 Å². The largest absolute Gasteiger partial charge is 0.445 e. The molecule has 0 saturated heterocycles. The maximum atomic E-state index is 11.8. The van der Waals surface area contributed by atoms with Crippen molar-refractivity contribution in [1.29, 1.82) is 0 Å². The van der Waals surface area contributed by atoms with Crippen molar-refractivity contribution in [3.05, 3.63) is 71.3 Å². The van der Waals surface area contributed by atoms with E-state index in [0.717, 1.165) is 16.7 Å². The number of carbonyl (C=O) groups is 2. The highest BCUT2D eigenvalue weighted by Crippen LogP contribution is 2.08. The zero-order valence-electron chi connectivity index (χ0n) is 16.0. The molecule has 2 aromatic carbocycles. The molecule has 0 spiro atoms. The van der Waals surface area contributed by atoms with Crippen LogP contribution in [-0.2, 0) is 29.2 Å². The Labute approximate surface area is 159 Å². The van der Waals surface area contributed by atoms with Crippen LogP contribution in [-0.4, -0.2) is 17.8 Å². The van der Waals surface area contributed by atoms with E-state index in [2.05, 4.69) is 10.6 Å². The monoisotopic (exact) mass is 370 g/mol. The van der Waals surface area contributed by atoms with Gasteiger partial charge >= 0.3 is 12.2 Å². The lowest BCUT2D eigenvalue weighted by Crippen LogP contribution is -2.32. The van der Waals surface area contributed by atoms with Crippen molar-refractivity contribution in [1.82, 2.24) is 10.6 Å².